The second kappa shape index (κ2) is 7.06. The normalized spacial score (nSPS) is 15.7. The van der Waals surface area contributed by atoms with Crippen molar-refractivity contribution in [2.45, 2.75) is 45.1 Å². The van der Waals surface area contributed by atoms with Crippen LogP contribution in [0.5, 0.6) is 0 Å². The summed E-state index contributed by atoms with van der Waals surface area (Å²) < 4.78 is 1.07. The Balaban J connectivity index is 2.09. The minimum absolute atomic E-state index is 0.196. The number of rotatable bonds is 2. The van der Waals surface area contributed by atoms with E-state index in [9.17, 15) is 9.59 Å². The maximum atomic E-state index is 12.3. The van der Waals surface area contributed by atoms with Gasteiger partial charge in [-0.25, -0.2) is 9.69 Å². The molecular formula is C15H19IN2O2. The fourth-order valence-corrected chi connectivity index (χ4v) is 2.88. The third-order valence-corrected chi connectivity index (χ3v) is 4.25. The van der Waals surface area contributed by atoms with Crippen LogP contribution in [-0.2, 0) is 4.79 Å². The third kappa shape index (κ3) is 3.94. The number of anilines is 1. The molecule has 3 amide bonds. The van der Waals surface area contributed by atoms with E-state index in [-0.39, 0.29) is 18.0 Å². The van der Waals surface area contributed by atoms with E-state index in [0.717, 1.165) is 29.3 Å². The van der Waals surface area contributed by atoms with E-state index in [1.165, 1.54) is 18.2 Å². The molecule has 0 radical (unpaired) electrons. The molecular weight excluding hydrogens is 367 g/mol. The van der Waals surface area contributed by atoms with Crippen LogP contribution < -0.4 is 10.2 Å². The van der Waals surface area contributed by atoms with Crippen molar-refractivity contribution in [2.75, 3.05) is 4.90 Å². The molecule has 1 aromatic carbocycles. The highest BCUT2D eigenvalue weighted by molar-refractivity contribution is 14.1. The number of amides is 3. The van der Waals surface area contributed by atoms with E-state index < -0.39 is 0 Å². The highest BCUT2D eigenvalue weighted by Crippen LogP contribution is 2.20. The number of hydrogen-bond acceptors (Lipinski definition) is 2. The maximum absolute atomic E-state index is 12.3. The standard InChI is InChI=1S/C15H19IN2O2/c1-11(19)18(14-9-7-12(16)8-10-14)15(20)17-13-5-3-2-4-6-13/h7-10,13H,2-6H2,1H3,(H,17,20). The average molecular weight is 386 g/mol. The summed E-state index contributed by atoms with van der Waals surface area (Å²) in [6.07, 6.45) is 5.54. The molecule has 4 nitrogen and oxygen atoms in total. The van der Waals surface area contributed by atoms with E-state index in [1.807, 2.05) is 12.1 Å². The number of hydrogen-bond donors (Lipinski definition) is 1. The van der Waals surface area contributed by atoms with Crippen LogP contribution in [0, 0.1) is 3.57 Å². The summed E-state index contributed by atoms with van der Waals surface area (Å²) in [4.78, 5) is 25.3. The van der Waals surface area contributed by atoms with Crippen LogP contribution in [-0.4, -0.2) is 18.0 Å². The van der Waals surface area contributed by atoms with Gasteiger partial charge in [0.15, 0.2) is 0 Å². The smallest absolute Gasteiger partial charge is 0.328 e. The molecule has 0 saturated heterocycles. The first-order valence-electron chi connectivity index (χ1n) is 6.94. The second-order valence-corrected chi connectivity index (χ2v) is 6.36. The van der Waals surface area contributed by atoms with Crippen LogP contribution in [0.1, 0.15) is 39.0 Å². The van der Waals surface area contributed by atoms with Gasteiger partial charge in [0.1, 0.15) is 0 Å². The first kappa shape index (κ1) is 15.3. The van der Waals surface area contributed by atoms with E-state index in [0.29, 0.717) is 5.69 Å². The van der Waals surface area contributed by atoms with Crippen molar-refractivity contribution in [3.05, 3.63) is 27.8 Å². The molecule has 5 heteroatoms. The zero-order valence-electron chi connectivity index (χ0n) is 11.6. The molecule has 0 aliphatic heterocycles. The van der Waals surface area contributed by atoms with E-state index in [4.69, 9.17) is 0 Å². The van der Waals surface area contributed by atoms with Crippen LogP contribution in [0.3, 0.4) is 0 Å². The van der Waals surface area contributed by atoms with Gasteiger partial charge in [-0.05, 0) is 59.7 Å². The van der Waals surface area contributed by atoms with E-state index in [1.54, 1.807) is 12.1 Å². The van der Waals surface area contributed by atoms with Gasteiger partial charge >= 0.3 is 6.03 Å². The predicted octanol–water partition coefficient (Wildman–Crippen LogP) is 3.69. The topological polar surface area (TPSA) is 49.4 Å². The number of nitrogens with one attached hydrogen (secondary N) is 1. The summed E-state index contributed by atoms with van der Waals surface area (Å²) in [7, 11) is 0. The number of halogens is 1. The van der Waals surface area contributed by atoms with E-state index in [2.05, 4.69) is 27.9 Å². The molecule has 0 bridgehead atoms. The van der Waals surface area contributed by atoms with Gasteiger partial charge in [-0.15, -0.1) is 0 Å². The predicted molar refractivity (Wildman–Crippen MR) is 87.7 cm³/mol. The van der Waals surface area contributed by atoms with Gasteiger partial charge in [0, 0.05) is 16.5 Å². The highest BCUT2D eigenvalue weighted by Gasteiger charge is 2.23. The molecule has 2 rings (SSSR count). The molecule has 108 valence electrons. The maximum Gasteiger partial charge on any atom is 0.328 e. The van der Waals surface area contributed by atoms with Crippen molar-refractivity contribution in [2.24, 2.45) is 0 Å². The highest BCUT2D eigenvalue weighted by atomic mass is 127. The summed E-state index contributed by atoms with van der Waals surface area (Å²) in [5.41, 5.74) is 0.617. The fourth-order valence-electron chi connectivity index (χ4n) is 2.52. The number of imide groups is 1. The molecule has 1 aliphatic carbocycles. The first-order valence-corrected chi connectivity index (χ1v) is 8.02. The zero-order valence-corrected chi connectivity index (χ0v) is 13.7. The van der Waals surface area contributed by atoms with Crippen molar-refractivity contribution in [3.63, 3.8) is 0 Å². The van der Waals surface area contributed by atoms with Crippen LogP contribution >= 0.6 is 22.6 Å². The lowest BCUT2D eigenvalue weighted by Gasteiger charge is -2.26. The van der Waals surface area contributed by atoms with Gasteiger partial charge in [0.2, 0.25) is 5.91 Å². The molecule has 1 aromatic rings. The minimum Gasteiger partial charge on any atom is -0.335 e. The van der Waals surface area contributed by atoms with E-state index >= 15 is 0 Å². The number of urea groups is 1. The number of nitrogens with zero attached hydrogens (tertiary/aromatic N) is 1. The Morgan fingerprint density at radius 3 is 2.30 bits per heavy atom. The summed E-state index contributed by atoms with van der Waals surface area (Å²) in [6.45, 7) is 1.42. The summed E-state index contributed by atoms with van der Waals surface area (Å²) in [5.74, 6) is -0.264. The van der Waals surface area contributed by atoms with Gasteiger partial charge in [0.25, 0.3) is 0 Å². The number of carbonyl (C=O) groups is 2. The summed E-state index contributed by atoms with van der Waals surface area (Å²) >= 11 is 2.20. The van der Waals surface area contributed by atoms with Gasteiger partial charge in [0.05, 0.1) is 5.69 Å². The Kier molecular flexibility index (Phi) is 5.39. The zero-order chi connectivity index (χ0) is 14.5. The molecule has 0 atom stereocenters. The number of benzene rings is 1. The minimum atomic E-state index is -0.314. The van der Waals surface area contributed by atoms with Crippen molar-refractivity contribution >= 4 is 40.2 Å². The Hall–Kier alpha value is -1.11. The van der Waals surface area contributed by atoms with Crippen molar-refractivity contribution in [1.82, 2.24) is 5.32 Å². The summed E-state index contributed by atoms with van der Waals surface area (Å²) in [5, 5.41) is 2.98. The first-order chi connectivity index (χ1) is 9.58. The molecule has 0 aromatic heterocycles. The van der Waals surface area contributed by atoms with Crippen LogP contribution in [0.15, 0.2) is 24.3 Å². The molecule has 1 saturated carbocycles. The molecule has 1 aliphatic rings. The molecule has 0 heterocycles. The van der Waals surface area contributed by atoms with Gasteiger partial charge in [-0.1, -0.05) is 19.3 Å². The molecule has 0 unspecified atom stereocenters. The average Bonchev–Trinajstić information content (AvgIpc) is 2.42. The van der Waals surface area contributed by atoms with Crippen LogP contribution in [0.2, 0.25) is 0 Å². The Bertz CT molecular complexity index is 481. The SMILES string of the molecule is CC(=O)N(C(=O)NC1CCCCC1)c1ccc(I)cc1. The number of carbonyl (C=O) groups excluding carboxylic acids is 2. The molecule has 20 heavy (non-hydrogen) atoms. The molecule has 1 fully saturated rings. The summed E-state index contributed by atoms with van der Waals surface area (Å²) in [6, 6.07) is 7.25. The quantitative estimate of drug-likeness (QED) is 0.789. The van der Waals surface area contributed by atoms with Gasteiger partial charge < -0.3 is 5.32 Å². The third-order valence-electron chi connectivity index (χ3n) is 3.54. The lowest BCUT2D eigenvalue weighted by Crippen LogP contribution is -2.47. The Morgan fingerprint density at radius 1 is 1.15 bits per heavy atom. The van der Waals surface area contributed by atoms with Crippen molar-refractivity contribution in [1.29, 1.82) is 0 Å². The molecule has 0 spiro atoms. The monoisotopic (exact) mass is 386 g/mol. The second-order valence-electron chi connectivity index (χ2n) is 5.12. The van der Waals surface area contributed by atoms with Crippen LogP contribution in [0.4, 0.5) is 10.5 Å². The largest absolute Gasteiger partial charge is 0.335 e. The Morgan fingerprint density at radius 2 is 1.75 bits per heavy atom. The van der Waals surface area contributed by atoms with Gasteiger partial charge in [-0.3, -0.25) is 4.79 Å². The lowest BCUT2D eigenvalue weighted by atomic mass is 9.96. The van der Waals surface area contributed by atoms with Crippen LogP contribution in [0.25, 0.3) is 0 Å². The molecule has 1 N–H and O–H groups in total. The van der Waals surface area contributed by atoms with Crippen molar-refractivity contribution < 1.29 is 9.59 Å². The van der Waals surface area contributed by atoms with Gasteiger partial charge in [-0.2, -0.15) is 0 Å². The van der Waals surface area contributed by atoms with Crippen molar-refractivity contribution in [3.8, 4) is 0 Å². The fraction of sp³-hybridized carbons (Fsp3) is 0.467. The Labute approximate surface area is 133 Å². The lowest BCUT2D eigenvalue weighted by molar-refractivity contribution is -0.115.